The number of nitrogens with zero attached hydrogens (tertiary/aromatic N) is 2. The summed E-state index contributed by atoms with van der Waals surface area (Å²) < 4.78 is 5.67. The first-order valence-electron chi connectivity index (χ1n) is 6.70. The number of hydrogen-bond donors (Lipinski definition) is 2. The number of aromatic nitrogens is 3. The van der Waals surface area contributed by atoms with Gasteiger partial charge in [0.05, 0.1) is 12.8 Å². The Morgan fingerprint density at radius 1 is 1.05 bits per heavy atom. The van der Waals surface area contributed by atoms with Crippen molar-refractivity contribution in [3.05, 3.63) is 59.4 Å². The number of nitrogens with one attached hydrogen (secondary N) is 2. The van der Waals surface area contributed by atoms with Crippen molar-refractivity contribution >= 4 is 23.7 Å². The van der Waals surface area contributed by atoms with Gasteiger partial charge in [-0.1, -0.05) is 42.5 Å². The predicted molar refractivity (Wildman–Crippen MR) is 88.9 cm³/mol. The maximum atomic E-state index is 5.35. The predicted octanol–water partition coefficient (Wildman–Crippen LogP) is 3.95. The van der Waals surface area contributed by atoms with Crippen LogP contribution in [0.1, 0.15) is 0 Å². The number of aromatic amines is 1. The van der Waals surface area contributed by atoms with Gasteiger partial charge in [0.15, 0.2) is 5.82 Å². The van der Waals surface area contributed by atoms with E-state index in [1.165, 1.54) is 0 Å². The number of para-hydroxylation sites is 2. The molecule has 0 aliphatic heterocycles. The number of ether oxygens (including phenoxy) is 1. The molecule has 1 heterocycles. The van der Waals surface area contributed by atoms with Crippen molar-refractivity contribution in [1.82, 2.24) is 15.2 Å². The molecule has 1 aromatic heterocycles. The van der Waals surface area contributed by atoms with E-state index in [0.717, 1.165) is 17.0 Å². The fourth-order valence-corrected chi connectivity index (χ4v) is 2.23. The molecule has 5 nitrogen and oxygen atoms in total. The van der Waals surface area contributed by atoms with Gasteiger partial charge in [-0.25, -0.2) is 0 Å². The highest BCUT2D eigenvalue weighted by molar-refractivity contribution is 7.71. The molecule has 0 bridgehead atoms. The third kappa shape index (κ3) is 2.96. The van der Waals surface area contributed by atoms with Gasteiger partial charge in [-0.15, -0.1) is 0 Å². The van der Waals surface area contributed by atoms with Crippen LogP contribution in [0.3, 0.4) is 0 Å². The highest BCUT2D eigenvalue weighted by Gasteiger charge is 2.11. The highest BCUT2D eigenvalue weighted by Crippen LogP contribution is 2.30. The number of benzene rings is 2. The van der Waals surface area contributed by atoms with Gasteiger partial charge in [0.1, 0.15) is 11.4 Å². The molecule has 0 radical (unpaired) electrons. The molecule has 0 fully saturated rings. The van der Waals surface area contributed by atoms with Gasteiger partial charge in [0.2, 0.25) is 4.77 Å². The monoisotopic (exact) mass is 310 g/mol. The fourth-order valence-electron chi connectivity index (χ4n) is 2.10. The highest BCUT2D eigenvalue weighted by atomic mass is 32.1. The van der Waals surface area contributed by atoms with Crippen molar-refractivity contribution in [1.29, 1.82) is 0 Å². The van der Waals surface area contributed by atoms with E-state index in [4.69, 9.17) is 17.0 Å². The van der Waals surface area contributed by atoms with Crippen molar-refractivity contribution in [3.8, 4) is 17.0 Å². The van der Waals surface area contributed by atoms with E-state index in [2.05, 4.69) is 20.5 Å². The quantitative estimate of drug-likeness (QED) is 0.714. The van der Waals surface area contributed by atoms with Crippen molar-refractivity contribution in [2.24, 2.45) is 0 Å². The molecule has 3 aromatic rings. The number of H-pyrrole nitrogens is 1. The number of rotatable bonds is 4. The smallest absolute Gasteiger partial charge is 0.215 e. The SMILES string of the molecule is COc1ccccc1Nc1nc(=S)[nH]nc1-c1ccccc1. The maximum absolute atomic E-state index is 5.35. The molecule has 0 aliphatic carbocycles. The van der Waals surface area contributed by atoms with Crippen molar-refractivity contribution in [2.75, 3.05) is 12.4 Å². The molecule has 0 amide bonds. The summed E-state index contributed by atoms with van der Waals surface area (Å²) in [6.45, 7) is 0. The van der Waals surface area contributed by atoms with E-state index in [-0.39, 0.29) is 0 Å². The average molecular weight is 310 g/mol. The third-order valence-corrected chi connectivity index (χ3v) is 3.29. The summed E-state index contributed by atoms with van der Waals surface area (Å²) in [4.78, 5) is 4.35. The van der Waals surface area contributed by atoms with Crippen molar-refractivity contribution < 1.29 is 4.74 Å². The minimum atomic E-state index is 0.317. The summed E-state index contributed by atoms with van der Waals surface area (Å²) in [5.41, 5.74) is 2.44. The summed E-state index contributed by atoms with van der Waals surface area (Å²) in [5.74, 6) is 1.31. The molecular weight excluding hydrogens is 296 g/mol. The van der Waals surface area contributed by atoms with Crippen LogP contribution in [-0.2, 0) is 0 Å². The third-order valence-electron chi connectivity index (χ3n) is 3.11. The zero-order valence-electron chi connectivity index (χ0n) is 11.9. The van der Waals surface area contributed by atoms with E-state index in [9.17, 15) is 0 Å². The van der Waals surface area contributed by atoms with Crippen molar-refractivity contribution in [3.63, 3.8) is 0 Å². The zero-order valence-corrected chi connectivity index (χ0v) is 12.7. The van der Waals surface area contributed by atoms with Crippen LogP contribution in [0.2, 0.25) is 0 Å². The molecule has 2 aromatic carbocycles. The van der Waals surface area contributed by atoms with Gasteiger partial charge < -0.3 is 10.1 Å². The Hall–Kier alpha value is -2.73. The number of hydrogen-bond acceptors (Lipinski definition) is 5. The molecule has 6 heteroatoms. The van der Waals surface area contributed by atoms with Crippen LogP contribution in [-0.4, -0.2) is 22.3 Å². The first-order chi connectivity index (χ1) is 10.8. The minimum Gasteiger partial charge on any atom is -0.495 e. The van der Waals surface area contributed by atoms with E-state index >= 15 is 0 Å². The van der Waals surface area contributed by atoms with Gasteiger partial charge >= 0.3 is 0 Å². The minimum absolute atomic E-state index is 0.317. The zero-order chi connectivity index (χ0) is 15.4. The Bertz CT molecular complexity index is 833. The van der Waals surface area contributed by atoms with Crippen LogP contribution < -0.4 is 10.1 Å². The van der Waals surface area contributed by atoms with Gasteiger partial charge in [0.25, 0.3) is 0 Å². The van der Waals surface area contributed by atoms with Crippen LogP contribution in [0.15, 0.2) is 54.6 Å². The first kappa shape index (κ1) is 14.2. The Kier molecular flexibility index (Phi) is 4.11. The molecule has 0 aliphatic rings. The molecule has 0 saturated carbocycles. The lowest BCUT2D eigenvalue weighted by Crippen LogP contribution is -2.02. The fraction of sp³-hybridized carbons (Fsp3) is 0.0625. The lowest BCUT2D eigenvalue weighted by Gasteiger charge is -2.12. The summed E-state index contributed by atoms with van der Waals surface area (Å²) in [5, 5.41) is 10.3. The van der Waals surface area contributed by atoms with E-state index in [1.54, 1.807) is 7.11 Å². The normalized spacial score (nSPS) is 10.2. The molecule has 0 unspecified atom stereocenters. The lowest BCUT2D eigenvalue weighted by molar-refractivity contribution is 0.417. The van der Waals surface area contributed by atoms with Gasteiger partial charge in [0, 0.05) is 5.56 Å². The second-order valence-corrected chi connectivity index (χ2v) is 4.92. The second kappa shape index (κ2) is 6.36. The molecule has 3 rings (SSSR count). The summed E-state index contributed by atoms with van der Waals surface area (Å²) in [6.07, 6.45) is 0. The Balaban J connectivity index is 2.07. The molecular formula is C16H14N4OS. The summed E-state index contributed by atoms with van der Waals surface area (Å²) in [7, 11) is 1.63. The van der Waals surface area contributed by atoms with Crippen LogP contribution >= 0.6 is 12.2 Å². The maximum Gasteiger partial charge on any atom is 0.215 e. The molecule has 2 N–H and O–H groups in total. The lowest BCUT2D eigenvalue weighted by atomic mass is 10.1. The van der Waals surface area contributed by atoms with Gasteiger partial charge in [-0.05, 0) is 24.4 Å². The number of anilines is 2. The van der Waals surface area contributed by atoms with Crippen LogP contribution in [0, 0.1) is 4.77 Å². The summed E-state index contributed by atoms with van der Waals surface area (Å²) >= 11 is 5.09. The molecule has 0 saturated heterocycles. The first-order valence-corrected chi connectivity index (χ1v) is 7.11. The standard InChI is InChI=1S/C16H14N4OS/c1-21-13-10-6-5-9-12(13)17-15-14(19-20-16(22)18-15)11-7-3-2-4-8-11/h2-10H,1H3,(H2,17,18,20,22). The van der Waals surface area contributed by atoms with Crippen molar-refractivity contribution in [2.45, 2.75) is 0 Å². The average Bonchev–Trinajstić information content (AvgIpc) is 2.56. The largest absolute Gasteiger partial charge is 0.495 e. The van der Waals surface area contributed by atoms with Gasteiger partial charge in [-0.2, -0.15) is 10.1 Å². The van der Waals surface area contributed by atoms with Crippen LogP contribution in [0.25, 0.3) is 11.3 Å². The molecule has 0 spiro atoms. The second-order valence-electron chi connectivity index (χ2n) is 4.53. The van der Waals surface area contributed by atoms with Crippen LogP contribution in [0.4, 0.5) is 11.5 Å². The van der Waals surface area contributed by atoms with E-state index in [0.29, 0.717) is 16.3 Å². The van der Waals surface area contributed by atoms with E-state index < -0.39 is 0 Å². The molecule has 22 heavy (non-hydrogen) atoms. The number of methoxy groups -OCH3 is 1. The molecule has 110 valence electrons. The van der Waals surface area contributed by atoms with E-state index in [1.807, 2.05) is 54.6 Å². The topological polar surface area (TPSA) is 62.8 Å². The van der Waals surface area contributed by atoms with Crippen LogP contribution in [0.5, 0.6) is 5.75 Å². The summed E-state index contributed by atoms with van der Waals surface area (Å²) in [6, 6.07) is 17.4. The molecule has 0 atom stereocenters. The Labute approximate surface area is 133 Å². The Morgan fingerprint density at radius 3 is 2.55 bits per heavy atom. The van der Waals surface area contributed by atoms with Gasteiger partial charge in [-0.3, -0.25) is 5.10 Å². The Morgan fingerprint density at radius 2 is 1.77 bits per heavy atom.